The zero-order valence-electron chi connectivity index (χ0n) is 16.8. The number of sulfonamides is 1. The van der Waals surface area contributed by atoms with Gasteiger partial charge in [-0.3, -0.25) is 9.48 Å². The van der Waals surface area contributed by atoms with Crippen molar-refractivity contribution < 1.29 is 13.2 Å². The van der Waals surface area contributed by atoms with Gasteiger partial charge in [0.25, 0.3) is 0 Å². The Morgan fingerprint density at radius 1 is 1.23 bits per heavy atom. The maximum atomic E-state index is 13.2. The lowest BCUT2D eigenvalue weighted by atomic mass is 10.1. The van der Waals surface area contributed by atoms with Gasteiger partial charge in [0.2, 0.25) is 15.9 Å². The summed E-state index contributed by atoms with van der Waals surface area (Å²) in [4.78, 5) is 17.8. The van der Waals surface area contributed by atoms with Crippen LogP contribution in [0.25, 0.3) is 0 Å². The Balaban J connectivity index is 1.64. The number of hydrogen-bond donors (Lipinski definition) is 1. The number of rotatable bonds is 6. The van der Waals surface area contributed by atoms with E-state index in [1.54, 1.807) is 34.1 Å². The highest BCUT2D eigenvalue weighted by Gasteiger charge is 2.31. The Morgan fingerprint density at radius 3 is 2.67 bits per heavy atom. The second kappa shape index (κ2) is 8.00. The van der Waals surface area contributed by atoms with Crippen LogP contribution < -0.4 is 9.62 Å². The largest absolute Gasteiger partial charge is 0.309 e. The molecule has 1 N–H and O–H groups in total. The highest BCUT2D eigenvalue weighted by Crippen LogP contribution is 2.34. The fraction of sp³-hybridized carbons (Fsp3) is 0.286. The fourth-order valence-corrected chi connectivity index (χ4v) is 5.19. The van der Waals surface area contributed by atoms with Crippen LogP contribution in [0.1, 0.15) is 31.0 Å². The molecule has 8 nitrogen and oxygen atoms in total. The quantitative estimate of drug-likeness (QED) is 0.654. The van der Waals surface area contributed by atoms with E-state index in [9.17, 15) is 13.2 Å². The molecular formula is C21H23N5O3S. The number of amides is 1. The van der Waals surface area contributed by atoms with Crippen molar-refractivity contribution in [2.75, 3.05) is 4.90 Å². The summed E-state index contributed by atoms with van der Waals surface area (Å²) in [5, 5.41) is 4.10. The van der Waals surface area contributed by atoms with Crippen molar-refractivity contribution in [1.29, 1.82) is 0 Å². The highest BCUT2D eigenvalue weighted by molar-refractivity contribution is 7.89. The standard InChI is InChI=1S/C21H23N5O3S/c1-15-10-18-11-19(8-9-21(18)26(15)16(2)27)30(28,29)24-20(12-25-14-22-13-23-25)17-6-4-3-5-7-17/h3-9,11,13-15,20,24H,10,12H2,1-2H3. The number of nitrogens with one attached hydrogen (secondary N) is 1. The number of anilines is 1. The lowest BCUT2D eigenvalue weighted by Crippen LogP contribution is -2.33. The van der Waals surface area contributed by atoms with Crippen LogP contribution in [0.15, 0.2) is 66.1 Å². The maximum absolute atomic E-state index is 13.2. The van der Waals surface area contributed by atoms with E-state index in [0.29, 0.717) is 13.0 Å². The van der Waals surface area contributed by atoms with Gasteiger partial charge in [0.05, 0.1) is 17.5 Å². The average molecular weight is 426 g/mol. The molecule has 3 aromatic rings. The van der Waals surface area contributed by atoms with Crippen LogP contribution in [0.5, 0.6) is 0 Å². The molecule has 0 bridgehead atoms. The van der Waals surface area contributed by atoms with Crippen molar-refractivity contribution in [1.82, 2.24) is 19.5 Å². The number of carbonyl (C=O) groups excluding carboxylic acids is 1. The van der Waals surface area contributed by atoms with Crippen molar-refractivity contribution in [2.45, 2.75) is 43.8 Å². The molecule has 2 aromatic carbocycles. The third-order valence-electron chi connectivity index (χ3n) is 5.25. The van der Waals surface area contributed by atoms with Crippen LogP contribution >= 0.6 is 0 Å². The van der Waals surface area contributed by atoms with E-state index in [1.165, 1.54) is 13.3 Å². The fourth-order valence-electron chi connectivity index (χ4n) is 3.92. The molecule has 156 valence electrons. The van der Waals surface area contributed by atoms with Crippen molar-refractivity contribution >= 4 is 21.6 Å². The van der Waals surface area contributed by atoms with Crippen molar-refractivity contribution in [3.8, 4) is 0 Å². The first-order valence-corrected chi connectivity index (χ1v) is 11.2. The molecule has 30 heavy (non-hydrogen) atoms. The summed E-state index contributed by atoms with van der Waals surface area (Å²) in [5.74, 6) is -0.0491. The smallest absolute Gasteiger partial charge is 0.241 e. The number of aromatic nitrogens is 3. The van der Waals surface area contributed by atoms with Crippen LogP contribution in [0.4, 0.5) is 5.69 Å². The molecule has 1 aromatic heterocycles. The van der Waals surface area contributed by atoms with Gasteiger partial charge < -0.3 is 4.90 Å². The molecular weight excluding hydrogens is 402 g/mol. The second-order valence-corrected chi connectivity index (χ2v) is 9.15. The molecule has 1 amide bonds. The van der Waals surface area contributed by atoms with Crippen LogP contribution in [-0.4, -0.2) is 35.1 Å². The van der Waals surface area contributed by atoms with Crippen LogP contribution in [0.3, 0.4) is 0 Å². The topological polar surface area (TPSA) is 97.2 Å². The Labute approximate surface area is 175 Å². The van der Waals surface area contributed by atoms with E-state index in [-0.39, 0.29) is 16.8 Å². The number of carbonyl (C=O) groups is 1. The van der Waals surface area contributed by atoms with Gasteiger partial charge in [-0.15, -0.1) is 0 Å². The number of hydrogen-bond acceptors (Lipinski definition) is 5. The van der Waals surface area contributed by atoms with E-state index >= 15 is 0 Å². The molecule has 9 heteroatoms. The Hall–Kier alpha value is -3.04. The first kappa shape index (κ1) is 20.2. The zero-order valence-corrected chi connectivity index (χ0v) is 17.6. The SMILES string of the molecule is CC(=O)N1c2ccc(S(=O)(=O)NC(Cn3cncn3)c3ccccc3)cc2CC1C. The molecule has 2 heterocycles. The van der Waals surface area contributed by atoms with E-state index < -0.39 is 16.1 Å². The minimum atomic E-state index is -3.80. The van der Waals surface area contributed by atoms with E-state index in [1.807, 2.05) is 37.3 Å². The second-order valence-electron chi connectivity index (χ2n) is 7.43. The Kier molecular flexibility index (Phi) is 5.40. The summed E-state index contributed by atoms with van der Waals surface area (Å²) >= 11 is 0. The molecule has 0 spiro atoms. The molecule has 0 aliphatic carbocycles. The molecule has 0 fully saturated rings. The summed E-state index contributed by atoms with van der Waals surface area (Å²) < 4.78 is 30.8. The maximum Gasteiger partial charge on any atom is 0.241 e. The molecule has 0 saturated carbocycles. The van der Waals surface area contributed by atoms with Gasteiger partial charge in [0.15, 0.2) is 0 Å². The third kappa shape index (κ3) is 3.99. The van der Waals surface area contributed by atoms with Gasteiger partial charge in [-0.05, 0) is 42.7 Å². The summed E-state index contributed by atoms with van der Waals surface area (Å²) in [6, 6.07) is 13.8. The minimum Gasteiger partial charge on any atom is -0.309 e. The van der Waals surface area contributed by atoms with Crippen LogP contribution in [0, 0.1) is 0 Å². The van der Waals surface area contributed by atoms with Gasteiger partial charge >= 0.3 is 0 Å². The van der Waals surface area contributed by atoms with Crippen LogP contribution in [0.2, 0.25) is 0 Å². The zero-order chi connectivity index (χ0) is 21.3. The number of benzene rings is 2. The van der Waals surface area contributed by atoms with E-state index in [4.69, 9.17) is 0 Å². The molecule has 1 aliphatic heterocycles. The summed E-state index contributed by atoms with van der Waals surface area (Å²) in [6.07, 6.45) is 3.59. The number of fused-ring (bicyclic) bond motifs is 1. The van der Waals surface area contributed by atoms with Gasteiger partial charge in [-0.2, -0.15) is 5.10 Å². The van der Waals surface area contributed by atoms with Gasteiger partial charge in [-0.1, -0.05) is 30.3 Å². The van der Waals surface area contributed by atoms with Crippen LogP contribution in [-0.2, 0) is 27.8 Å². The average Bonchev–Trinajstić information content (AvgIpc) is 3.33. The lowest BCUT2D eigenvalue weighted by molar-refractivity contribution is -0.116. The number of nitrogens with zero attached hydrogens (tertiary/aromatic N) is 4. The van der Waals surface area contributed by atoms with Crippen molar-refractivity contribution in [2.24, 2.45) is 0 Å². The molecule has 0 radical (unpaired) electrons. The first-order valence-electron chi connectivity index (χ1n) is 9.67. The van der Waals surface area contributed by atoms with Gasteiger partial charge in [0, 0.05) is 18.7 Å². The predicted octanol–water partition coefficient (Wildman–Crippen LogP) is 2.30. The molecule has 2 unspecified atom stereocenters. The van der Waals surface area contributed by atoms with E-state index in [0.717, 1.165) is 16.8 Å². The molecule has 1 aliphatic rings. The summed E-state index contributed by atoms with van der Waals surface area (Å²) in [6.45, 7) is 3.78. The van der Waals surface area contributed by atoms with Crippen molar-refractivity contribution in [3.05, 3.63) is 72.3 Å². The van der Waals surface area contributed by atoms with Gasteiger partial charge in [0.1, 0.15) is 12.7 Å². The summed E-state index contributed by atoms with van der Waals surface area (Å²) in [7, 11) is -3.80. The first-order chi connectivity index (χ1) is 14.3. The Bertz CT molecular complexity index is 1150. The van der Waals surface area contributed by atoms with Crippen molar-refractivity contribution in [3.63, 3.8) is 0 Å². The molecule has 4 rings (SSSR count). The van der Waals surface area contributed by atoms with Gasteiger partial charge in [-0.25, -0.2) is 18.1 Å². The molecule has 0 saturated heterocycles. The Morgan fingerprint density at radius 2 is 2.00 bits per heavy atom. The monoisotopic (exact) mass is 425 g/mol. The lowest BCUT2D eigenvalue weighted by Gasteiger charge is -2.21. The van der Waals surface area contributed by atoms with E-state index in [2.05, 4.69) is 14.8 Å². The normalized spacial score (nSPS) is 17.0. The molecule has 2 atom stereocenters. The summed E-state index contributed by atoms with van der Waals surface area (Å²) in [5.41, 5.74) is 2.46. The third-order valence-corrected chi connectivity index (χ3v) is 6.72. The highest BCUT2D eigenvalue weighted by atomic mass is 32.2. The predicted molar refractivity (Wildman–Crippen MR) is 112 cm³/mol. The minimum absolute atomic E-state index is 0.00722.